The number of hydrogen-bond acceptors (Lipinski definition) is 4. The van der Waals surface area contributed by atoms with Crippen LogP contribution in [0, 0.1) is 5.82 Å². The Morgan fingerprint density at radius 1 is 0.833 bits per heavy atom. The minimum atomic E-state index is -0.646. The minimum Gasteiger partial charge on any atom is -0.325 e. The third kappa shape index (κ3) is 8.69. The Bertz CT molecular complexity index is 1610. The van der Waals surface area contributed by atoms with E-state index in [0.29, 0.717) is 33.4 Å². The summed E-state index contributed by atoms with van der Waals surface area (Å²) in [6.45, 7) is 1.89. The Hall–Kier alpha value is -4.11. The van der Waals surface area contributed by atoms with Crippen LogP contribution in [0.3, 0.4) is 0 Å². The number of anilines is 2. The number of carbonyl (C=O) groups is 3. The lowest BCUT2D eigenvalue weighted by Gasteiger charge is -2.16. The molecule has 0 bridgehead atoms. The third-order valence-electron chi connectivity index (χ3n) is 5.90. The molecule has 0 heterocycles. The van der Waals surface area contributed by atoms with E-state index in [0.717, 1.165) is 4.90 Å². The van der Waals surface area contributed by atoms with Gasteiger partial charge in [-0.25, -0.2) is 4.39 Å². The number of carbonyl (C=O) groups excluding carboxylic acids is 3. The Labute approximate surface area is 257 Å². The van der Waals surface area contributed by atoms with Crippen LogP contribution in [0.15, 0.2) is 108 Å². The molecule has 6 nitrogen and oxygen atoms in total. The van der Waals surface area contributed by atoms with Crippen LogP contribution < -0.4 is 16.0 Å². The number of halogens is 3. The van der Waals surface area contributed by atoms with Gasteiger partial charge in [-0.2, -0.15) is 0 Å². The number of hydrogen-bond donors (Lipinski definition) is 3. The van der Waals surface area contributed by atoms with Crippen LogP contribution in [0.5, 0.6) is 0 Å². The van der Waals surface area contributed by atoms with E-state index in [-0.39, 0.29) is 17.2 Å². The van der Waals surface area contributed by atoms with Crippen molar-refractivity contribution in [3.8, 4) is 0 Å². The molecule has 0 fully saturated rings. The van der Waals surface area contributed by atoms with Crippen molar-refractivity contribution in [2.45, 2.75) is 23.5 Å². The Balaban J connectivity index is 1.51. The topological polar surface area (TPSA) is 87.3 Å². The zero-order valence-corrected chi connectivity index (χ0v) is 24.7. The smallest absolute Gasteiger partial charge is 0.272 e. The summed E-state index contributed by atoms with van der Waals surface area (Å²) in [5.41, 5.74) is 1.25. The van der Waals surface area contributed by atoms with Crippen molar-refractivity contribution < 1.29 is 18.8 Å². The standard InChI is InChI=1S/C32H26Cl2FN3O3S/c1-2-29(32(41)37-25-17-22(33)16-23(34)18-25)42-26-13-8-12-24(19-26)36-31(40)28(15-21-11-6-7-14-27(21)35)38-30(39)20-9-4-3-5-10-20/h3-19,29H,2H2,1H3,(H,36,40)(H,37,41)(H,38,39)/b28-15-. The Morgan fingerprint density at radius 3 is 2.21 bits per heavy atom. The van der Waals surface area contributed by atoms with Crippen molar-refractivity contribution in [1.82, 2.24) is 5.32 Å². The number of benzene rings is 4. The van der Waals surface area contributed by atoms with Crippen LogP contribution in [-0.4, -0.2) is 23.0 Å². The summed E-state index contributed by atoms with van der Waals surface area (Å²) >= 11 is 13.4. The van der Waals surface area contributed by atoms with Crippen molar-refractivity contribution in [3.05, 3.63) is 130 Å². The monoisotopic (exact) mass is 621 g/mol. The first-order valence-corrected chi connectivity index (χ1v) is 14.5. The van der Waals surface area contributed by atoms with E-state index < -0.39 is 22.9 Å². The SMILES string of the molecule is CCC(Sc1cccc(NC(=O)/C(=C/c2ccccc2F)NC(=O)c2ccccc2)c1)C(=O)Nc1cc(Cl)cc(Cl)c1. The second-order valence-corrected chi connectivity index (χ2v) is 11.2. The molecule has 0 radical (unpaired) electrons. The van der Waals surface area contributed by atoms with Gasteiger partial charge in [0.25, 0.3) is 11.8 Å². The van der Waals surface area contributed by atoms with Crippen LogP contribution in [0.2, 0.25) is 10.0 Å². The molecule has 0 spiro atoms. The third-order valence-corrected chi connectivity index (χ3v) is 7.69. The highest BCUT2D eigenvalue weighted by Gasteiger charge is 2.20. The van der Waals surface area contributed by atoms with Gasteiger partial charge in [-0.15, -0.1) is 11.8 Å². The summed E-state index contributed by atoms with van der Waals surface area (Å²) in [5.74, 6) is -1.93. The largest absolute Gasteiger partial charge is 0.325 e. The molecule has 0 aromatic heterocycles. The molecule has 3 amide bonds. The second-order valence-electron chi connectivity index (χ2n) is 9.04. The van der Waals surface area contributed by atoms with E-state index in [1.54, 1.807) is 72.8 Å². The van der Waals surface area contributed by atoms with Gasteiger partial charge in [0.15, 0.2) is 0 Å². The average molecular weight is 623 g/mol. The van der Waals surface area contributed by atoms with Gasteiger partial charge in [-0.3, -0.25) is 14.4 Å². The van der Waals surface area contributed by atoms with Crippen LogP contribution in [0.1, 0.15) is 29.3 Å². The lowest BCUT2D eigenvalue weighted by Crippen LogP contribution is -2.30. The fourth-order valence-electron chi connectivity index (χ4n) is 3.87. The molecule has 0 aliphatic rings. The molecule has 4 rings (SSSR count). The molecule has 4 aromatic carbocycles. The second kappa shape index (κ2) is 14.7. The molecule has 0 aliphatic heterocycles. The van der Waals surface area contributed by atoms with Crippen LogP contribution >= 0.6 is 35.0 Å². The lowest BCUT2D eigenvalue weighted by atomic mass is 10.1. The zero-order chi connectivity index (χ0) is 30.1. The van der Waals surface area contributed by atoms with Gasteiger partial charge >= 0.3 is 0 Å². The molecule has 0 aliphatic carbocycles. The number of thioether (sulfide) groups is 1. The summed E-state index contributed by atoms with van der Waals surface area (Å²) in [6.07, 6.45) is 1.81. The maximum absolute atomic E-state index is 14.4. The summed E-state index contributed by atoms with van der Waals surface area (Å²) in [4.78, 5) is 39.9. The summed E-state index contributed by atoms with van der Waals surface area (Å²) in [6, 6.07) is 26.1. The van der Waals surface area contributed by atoms with Gasteiger partial charge in [-0.05, 0) is 67.1 Å². The van der Waals surface area contributed by atoms with Gasteiger partial charge in [0, 0.05) is 37.4 Å². The number of amides is 3. The van der Waals surface area contributed by atoms with Crippen LogP contribution in [0.4, 0.5) is 15.8 Å². The molecule has 1 unspecified atom stereocenters. The van der Waals surface area contributed by atoms with E-state index in [2.05, 4.69) is 16.0 Å². The fraction of sp³-hybridized carbons (Fsp3) is 0.0938. The van der Waals surface area contributed by atoms with E-state index in [9.17, 15) is 18.8 Å². The van der Waals surface area contributed by atoms with Gasteiger partial charge in [0.1, 0.15) is 11.5 Å². The molecule has 214 valence electrons. The Morgan fingerprint density at radius 2 is 1.52 bits per heavy atom. The van der Waals surface area contributed by atoms with Crippen molar-refractivity contribution in [2.24, 2.45) is 0 Å². The van der Waals surface area contributed by atoms with E-state index in [1.807, 2.05) is 13.0 Å². The first-order chi connectivity index (χ1) is 20.2. The summed E-state index contributed by atoms with van der Waals surface area (Å²) < 4.78 is 14.4. The van der Waals surface area contributed by atoms with Crippen molar-refractivity contribution in [1.29, 1.82) is 0 Å². The van der Waals surface area contributed by atoms with E-state index >= 15 is 0 Å². The Kier molecular flexibility index (Phi) is 10.8. The maximum Gasteiger partial charge on any atom is 0.272 e. The normalized spacial score (nSPS) is 11.9. The van der Waals surface area contributed by atoms with Crippen LogP contribution in [-0.2, 0) is 9.59 Å². The predicted octanol–water partition coefficient (Wildman–Crippen LogP) is 8.05. The number of nitrogens with one attached hydrogen (secondary N) is 3. The molecule has 1 atom stereocenters. The molecule has 42 heavy (non-hydrogen) atoms. The maximum atomic E-state index is 14.4. The lowest BCUT2D eigenvalue weighted by molar-refractivity contribution is -0.116. The van der Waals surface area contributed by atoms with E-state index in [4.69, 9.17) is 23.2 Å². The van der Waals surface area contributed by atoms with Gasteiger partial charge < -0.3 is 16.0 Å². The first kappa shape index (κ1) is 30.8. The molecular weight excluding hydrogens is 596 g/mol. The van der Waals surface area contributed by atoms with Crippen molar-refractivity contribution in [3.63, 3.8) is 0 Å². The quantitative estimate of drug-likeness (QED) is 0.123. The minimum absolute atomic E-state index is 0.137. The summed E-state index contributed by atoms with van der Waals surface area (Å²) in [5, 5.41) is 8.57. The highest BCUT2D eigenvalue weighted by atomic mass is 35.5. The molecular formula is C32H26Cl2FN3O3S. The summed E-state index contributed by atoms with van der Waals surface area (Å²) in [7, 11) is 0. The highest BCUT2D eigenvalue weighted by Crippen LogP contribution is 2.30. The number of rotatable bonds is 10. The van der Waals surface area contributed by atoms with Crippen molar-refractivity contribution >= 4 is 70.1 Å². The van der Waals surface area contributed by atoms with Crippen molar-refractivity contribution in [2.75, 3.05) is 10.6 Å². The molecule has 0 saturated heterocycles. The first-order valence-electron chi connectivity index (χ1n) is 12.9. The van der Waals surface area contributed by atoms with Gasteiger partial charge in [-0.1, -0.05) is 72.6 Å². The predicted molar refractivity (Wildman–Crippen MR) is 168 cm³/mol. The zero-order valence-electron chi connectivity index (χ0n) is 22.4. The molecule has 10 heteroatoms. The fourth-order valence-corrected chi connectivity index (χ4v) is 5.41. The molecule has 0 saturated carbocycles. The van der Waals surface area contributed by atoms with E-state index in [1.165, 1.54) is 36.0 Å². The highest BCUT2D eigenvalue weighted by molar-refractivity contribution is 8.00. The van der Waals surface area contributed by atoms with Gasteiger partial charge in [0.05, 0.1) is 5.25 Å². The molecule has 3 N–H and O–H groups in total. The average Bonchev–Trinajstić information content (AvgIpc) is 2.96. The van der Waals surface area contributed by atoms with Crippen LogP contribution in [0.25, 0.3) is 6.08 Å². The molecule has 4 aromatic rings. The van der Waals surface area contributed by atoms with Gasteiger partial charge in [0.2, 0.25) is 5.91 Å².